The highest BCUT2D eigenvalue weighted by Gasteiger charge is 2.14. The second kappa shape index (κ2) is 5.75. The number of sulfone groups is 1. The smallest absolute Gasteiger partial charge is 0.259 e. The van der Waals surface area contributed by atoms with Crippen LogP contribution in [0.2, 0.25) is 5.02 Å². The number of carbonyl (C=O) groups is 1. The van der Waals surface area contributed by atoms with Gasteiger partial charge < -0.3 is 11.1 Å². The van der Waals surface area contributed by atoms with Crippen molar-refractivity contribution in [1.29, 1.82) is 0 Å². The van der Waals surface area contributed by atoms with Gasteiger partial charge in [0.15, 0.2) is 9.84 Å². The van der Waals surface area contributed by atoms with E-state index in [1.54, 1.807) is 18.2 Å². The highest BCUT2D eigenvalue weighted by atomic mass is 35.5. The molecule has 0 aliphatic carbocycles. The molecule has 0 spiro atoms. The zero-order valence-corrected chi connectivity index (χ0v) is 12.7. The summed E-state index contributed by atoms with van der Waals surface area (Å²) in [7, 11) is -3.27. The average molecular weight is 325 g/mol. The van der Waals surface area contributed by atoms with Gasteiger partial charge in [0.25, 0.3) is 5.91 Å². The number of rotatable bonds is 3. The molecule has 0 radical (unpaired) electrons. The summed E-state index contributed by atoms with van der Waals surface area (Å²) < 4.78 is 22.7. The van der Waals surface area contributed by atoms with Gasteiger partial charge in [-0.3, -0.25) is 4.79 Å². The molecule has 110 valence electrons. The van der Waals surface area contributed by atoms with E-state index in [0.29, 0.717) is 5.69 Å². The van der Waals surface area contributed by atoms with E-state index >= 15 is 0 Å². The van der Waals surface area contributed by atoms with Gasteiger partial charge in [-0.15, -0.1) is 0 Å². The minimum atomic E-state index is -3.27. The van der Waals surface area contributed by atoms with E-state index in [2.05, 4.69) is 5.32 Å². The monoisotopic (exact) mass is 324 g/mol. The van der Waals surface area contributed by atoms with Crippen molar-refractivity contribution in [2.75, 3.05) is 17.3 Å². The molecule has 0 aromatic heterocycles. The topological polar surface area (TPSA) is 89.3 Å². The van der Waals surface area contributed by atoms with E-state index in [-0.39, 0.29) is 21.2 Å². The van der Waals surface area contributed by atoms with Crippen molar-refractivity contribution in [3.05, 3.63) is 53.1 Å². The van der Waals surface area contributed by atoms with Crippen LogP contribution in [0.5, 0.6) is 0 Å². The van der Waals surface area contributed by atoms with Crippen molar-refractivity contribution >= 4 is 38.7 Å². The molecule has 2 aromatic carbocycles. The zero-order chi connectivity index (χ0) is 15.6. The standard InChI is InChI=1S/C14H13ClN2O3S/c1-21(19,20)10-7-5-9(6-8-10)17-14(18)13-11(15)3-2-4-12(13)16/h2-8H,16H2,1H3,(H,17,18). The van der Waals surface area contributed by atoms with Gasteiger partial charge in [0.1, 0.15) is 0 Å². The summed E-state index contributed by atoms with van der Waals surface area (Å²) in [6.45, 7) is 0. The first-order valence-electron chi connectivity index (χ1n) is 5.94. The molecule has 0 atom stereocenters. The molecule has 0 aliphatic rings. The molecular weight excluding hydrogens is 312 g/mol. The molecule has 1 amide bonds. The molecule has 2 rings (SSSR count). The predicted molar refractivity (Wildman–Crippen MR) is 83.4 cm³/mol. The lowest BCUT2D eigenvalue weighted by Gasteiger charge is -2.09. The Bertz CT molecular complexity index is 766. The Morgan fingerprint density at radius 1 is 1.14 bits per heavy atom. The van der Waals surface area contributed by atoms with Crippen LogP contribution < -0.4 is 11.1 Å². The van der Waals surface area contributed by atoms with Crippen LogP contribution in [0.25, 0.3) is 0 Å². The number of benzene rings is 2. The first-order valence-corrected chi connectivity index (χ1v) is 8.21. The second-order valence-electron chi connectivity index (χ2n) is 4.45. The summed E-state index contributed by atoms with van der Waals surface area (Å²) in [4.78, 5) is 12.3. The molecule has 0 heterocycles. The van der Waals surface area contributed by atoms with Crippen LogP contribution in [0.3, 0.4) is 0 Å². The quantitative estimate of drug-likeness (QED) is 0.849. The lowest BCUT2D eigenvalue weighted by molar-refractivity contribution is 0.102. The molecule has 0 aliphatic heterocycles. The predicted octanol–water partition coefficient (Wildman–Crippen LogP) is 2.58. The summed E-state index contributed by atoms with van der Waals surface area (Å²) in [5.74, 6) is -0.454. The number of hydrogen-bond donors (Lipinski definition) is 2. The fourth-order valence-electron chi connectivity index (χ4n) is 1.76. The van der Waals surface area contributed by atoms with Crippen molar-refractivity contribution in [1.82, 2.24) is 0 Å². The Labute approximate surface area is 127 Å². The number of anilines is 2. The third-order valence-electron chi connectivity index (χ3n) is 2.81. The third-order valence-corrected chi connectivity index (χ3v) is 4.26. The van der Waals surface area contributed by atoms with Crippen LogP contribution >= 0.6 is 11.6 Å². The van der Waals surface area contributed by atoms with Gasteiger partial charge in [-0.25, -0.2) is 8.42 Å². The molecular formula is C14H13ClN2O3S. The first-order chi connectivity index (χ1) is 9.79. The number of carbonyl (C=O) groups excluding carboxylic acids is 1. The van der Waals surface area contributed by atoms with Crippen LogP contribution in [-0.2, 0) is 9.84 Å². The van der Waals surface area contributed by atoms with Crippen LogP contribution in [0.1, 0.15) is 10.4 Å². The van der Waals surface area contributed by atoms with E-state index in [9.17, 15) is 13.2 Å². The third kappa shape index (κ3) is 3.53. The van der Waals surface area contributed by atoms with E-state index in [1.165, 1.54) is 24.3 Å². The molecule has 0 unspecified atom stereocenters. The Kier molecular flexibility index (Phi) is 4.20. The van der Waals surface area contributed by atoms with Crippen molar-refractivity contribution in [3.63, 3.8) is 0 Å². The maximum Gasteiger partial charge on any atom is 0.259 e. The van der Waals surface area contributed by atoms with Gasteiger partial charge in [0.05, 0.1) is 15.5 Å². The van der Waals surface area contributed by atoms with Crippen molar-refractivity contribution < 1.29 is 13.2 Å². The number of nitrogen functional groups attached to an aromatic ring is 1. The van der Waals surface area contributed by atoms with Crippen LogP contribution in [-0.4, -0.2) is 20.6 Å². The van der Waals surface area contributed by atoms with Gasteiger partial charge in [-0.1, -0.05) is 17.7 Å². The number of hydrogen-bond acceptors (Lipinski definition) is 4. The first kappa shape index (κ1) is 15.3. The number of nitrogens with one attached hydrogen (secondary N) is 1. The summed E-state index contributed by atoms with van der Waals surface area (Å²) in [6, 6.07) is 10.6. The minimum absolute atomic E-state index is 0.178. The van der Waals surface area contributed by atoms with Crippen molar-refractivity contribution in [3.8, 4) is 0 Å². The van der Waals surface area contributed by atoms with Crippen molar-refractivity contribution in [2.24, 2.45) is 0 Å². The zero-order valence-electron chi connectivity index (χ0n) is 11.1. The van der Waals surface area contributed by atoms with Crippen LogP contribution in [0.15, 0.2) is 47.4 Å². The lowest BCUT2D eigenvalue weighted by atomic mass is 10.1. The molecule has 2 aromatic rings. The largest absolute Gasteiger partial charge is 0.398 e. The summed E-state index contributed by atoms with van der Waals surface area (Å²) in [5.41, 5.74) is 6.64. The summed E-state index contributed by atoms with van der Waals surface area (Å²) in [5, 5.41) is 2.87. The van der Waals surface area contributed by atoms with Crippen LogP contribution in [0, 0.1) is 0 Å². The highest BCUT2D eigenvalue weighted by Crippen LogP contribution is 2.23. The maximum atomic E-state index is 12.1. The van der Waals surface area contributed by atoms with E-state index in [1.807, 2.05) is 0 Å². The Balaban J connectivity index is 2.24. The molecule has 0 saturated heterocycles. The summed E-state index contributed by atoms with van der Waals surface area (Å²) >= 11 is 5.96. The lowest BCUT2D eigenvalue weighted by Crippen LogP contribution is -2.14. The molecule has 0 fully saturated rings. The van der Waals surface area contributed by atoms with Crippen molar-refractivity contribution in [2.45, 2.75) is 4.90 Å². The molecule has 3 N–H and O–H groups in total. The van der Waals surface area contributed by atoms with Gasteiger partial charge in [-0.05, 0) is 36.4 Å². The number of amides is 1. The van der Waals surface area contributed by atoms with E-state index in [4.69, 9.17) is 17.3 Å². The molecule has 0 bridgehead atoms. The maximum absolute atomic E-state index is 12.1. The van der Waals surface area contributed by atoms with E-state index in [0.717, 1.165) is 6.26 Å². The van der Waals surface area contributed by atoms with Gasteiger partial charge >= 0.3 is 0 Å². The minimum Gasteiger partial charge on any atom is -0.398 e. The highest BCUT2D eigenvalue weighted by molar-refractivity contribution is 7.90. The average Bonchev–Trinajstić information content (AvgIpc) is 2.38. The van der Waals surface area contributed by atoms with E-state index < -0.39 is 15.7 Å². The van der Waals surface area contributed by atoms with Gasteiger partial charge in [0.2, 0.25) is 0 Å². The SMILES string of the molecule is CS(=O)(=O)c1ccc(NC(=O)c2c(N)cccc2Cl)cc1. The molecule has 5 nitrogen and oxygen atoms in total. The van der Waals surface area contributed by atoms with Crippen LogP contribution in [0.4, 0.5) is 11.4 Å². The molecule has 7 heteroatoms. The normalized spacial score (nSPS) is 11.1. The molecule has 21 heavy (non-hydrogen) atoms. The Morgan fingerprint density at radius 3 is 2.29 bits per heavy atom. The second-order valence-corrected chi connectivity index (χ2v) is 6.88. The summed E-state index contributed by atoms with van der Waals surface area (Å²) in [6.07, 6.45) is 1.12. The van der Waals surface area contributed by atoms with Gasteiger partial charge in [-0.2, -0.15) is 0 Å². The Hall–Kier alpha value is -2.05. The number of nitrogens with two attached hydrogens (primary N) is 1. The molecule has 0 saturated carbocycles. The Morgan fingerprint density at radius 2 is 1.76 bits per heavy atom. The fraction of sp³-hybridized carbons (Fsp3) is 0.0714. The fourth-order valence-corrected chi connectivity index (χ4v) is 2.66. The number of halogens is 1. The van der Waals surface area contributed by atoms with Gasteiger partial charge in [0, 0.05) is 17.6 Å².